The Labute approximate surface area is 279 Å². The fourth-order valence-corrected chi connectivity index (χ4v) is 15.1. The molecule has 0 radical (unpaired) electrons. The average molecular weight is 645 g/mol. The van der Waals surface area contributed by atoms with Crippen molar-refractivity contribution < 1.29 is 18.8 Å². The number of hydrogen-bond donors (Lipinski definition) is 0. The SMILES string of the molecule is COc1cnc2c(ccn2[Si](C(C)C)(C(C)C)C(C)C)c1/C(=C/B1OC(C)(C)C(C)(C)O1)C1CCC(OCc2ccccc2)CC1. The molecule has 3 heterocycles. The summed E-state index contributed by atoms with van der Waals surface area (Å²) in [4.78, 5) is 5.12. The number of ether oxygens (including phenoxy) is 2. The molecular weight excluding hydrogens is 587 g/mol. The van der Waals surface area contributed by atoms with E-state index in [2.05, 4.69) is 122 Å². The minimum Gasteiger partial charge on any atom is -0.494 e. The Morgan fingerprint density at radius 3 is 2.07 bits per heavy atom. The van der Waals surface area contributed by atoms with Crippen molar-refractivity contribution >= 4 is 32.0 Å². The lowest BCUT2D eigenvalue weighted by atomic mass is 9.74. The summed E-state index contributed by atoms with van der Waals surface area (Å²) in [6.07, 6.45) is 8.61. The number of benzene rings is 1. The maximum absolute atomic E-state index is 6.58. The number of rotatable bonds is 11. The first-order chi connectivity index (χ1) is 21.7. The third-order valence-electron chi connectivity index (χ3n) is 11.4. The molecule has 1 saturated heterocycles. The highest BCUT2D eigenvalue weighted by molar-refractivity contribution is 6.82. The second-order valence-corrected chi connectivity index (χ2v) is 21.2. The van der Waals surface area contributed by atoms with Crippen molar-refractivity contribution in [2.24, 2.45) is 5.92 Å². The molecule has 5 rings (SSSR count). The third kappa shape index (κ3) is 6.39. The fourth-order valence-electron chi connectivity index (χ4n) is 8.52. The van der Waals surface area contributed by atoms with E-state index in [0.29, 0.717) is 29.1 Å². The molecule has 1 aliphatic carbocycles. The quantitative estimate of drug-likeness (QED) is 0.195. The van der Waals surface area contributed by atoms with Gasteiger partial charge in [0.1, 0.15) is 11.4 Å². The molecule has 6 nitrogen and oxygen atoms in total. The predicted octanol–water partition coefficient (Wildman–Crippen LogP) is 9.86. The zero-order valence-electron chi connectivity index (χ0n) is 30.2. The molecule has 8 heteroatoms. The normalized spacial score (nSPS) is 22.0. The number of aromatic nitrogens is 2. The zero-order chi connectivity index (χ0) is 33.4. The lowest BCUT2D eigenvalue weighted by molar-refractivity contribution is 0.00578. The van der Waals surface area contributed by atoms with E-state index < -0.39 is 26.6 Å². The van der Waals surface area contributed by atoms with Gasteiger partial charge in [-0.25, -0.2) is 4.98 Å². The van der Waals surface area contributed by atoms with Gasteiger partial charge in [-0.05, 0) is 99.3 Å². The van der Waals surface area contributed by atoms with Crippen LogP contribution in [0.5, 0.6) is 5.75 Å². The summed E-state index contributed by atoms with van der Waals surface area (Å²) in [6.45, 7) is 23.6. The summed E-state index contributed by atoms with van der Waals surface area (Å²) < 4.78 is 28.3. The van der Waals surface area contributed by atoms with Gasteiger partial charge in [-0.3, -0.25) is 0 Å². The lowest BCUT2D eigenvalue weighted by Crippen LogP contribution is -2.51. The van der Waals surface area contributed by atoms with E-state index in [1.54, 1.807) is 7.11 Å². The van der Waals surface area contributed by atoms with E-state index in [1.165, 1.54) is 11.1 Å². The van der Waals surface area contributed by atoms with Gasteiger partial charge in [0.25, 0.3) is 0 Å². The van der Waals surface area contributed by atoms with Crippen LogP contribution in [0.3, 0.4) is 0 Å². The molecule has 0 unspecified atom stereocenters. The van der Waals surface area contributed by atoms with Crippen molar-refractivity contribution in [3.05, 3.63) is 65.9 Å². The second-order valence-electron chi connectivity index (χ2n) is 15.5. The summed E-state index contributed by atoms with van der Waals surface area (Å²) in [5.41, 5.74) is 5.51. The maximum atomic E-state index is 6.58. The van der Waals surface area contributed by atoms with Crippen LogP contribution < -0.4 is 4.74 Å². The first-order valence-corrected chi connectivity index (χ1v) is 19.7. The van der Waals surface area contributed by atoms with E-state index in [-0.39, 0.29) is 6.10 Å². The molecule has 0 atom stereocenters. The highest BCUT2D eigenvalue weighted by atomic mass is 28.3. The lowest BCUT2D eigenvalue weighted by Gasteiger charge is -2.44. The largest absolute Gasteiger partial charge is 0.494 e. The van der Waals surface area contributed by atoms with Crippen molar-refractivity contribution in [3.63, 3.8) is 0 Å². The molecule has 2 aromatic heterocycles. The van der Waals surface area contributed by atoms with Gasteiger partial charge in [-0.1, -0.05) is 77.8 Å². The van der Waals surface area contributed by atoms with Crippen molar-refractivity contribution in [1.29, 1.82) is 0 Å². The van der Waals surface area contributed by atoms with Crippen molar-refractivity contribution in [1.82, 2.24) is 9.22 Å². The molecule has 2 aliphatic rings. The molecule has 0 amide bonds. The molecule has 3 aromatic rings. The van der Waals surface area contributed by atoms with Crippen molar-refractivity contribution in [2.45, 2.75) is 135 Å². The first kappa shape index (κ1) is 34.9. The number of nitrogens with zero attached hydrogens (tertiary/aromatic N) is 2. The predicted molar refractivity (Wildman–Crippen MR) is 194 cm³/mol. The van der Waals surface area contributed by atoms with Crippen LogP contribution in [0, 0.1) is 5.92 Å². The highest BCUT2D eigenvalue weighted by Gasteiger charge is 2.51. The van der Waals surface area contributed by atoms with Crippen LogP contribution in [0.25, 0.3) is 16.6 Å². The average Bonchev–Trinajstić information content (AvgIpc) is 3.51. The van der Waals surface area contributed by atoms with E-state index in [1.807, 2.05) is 6.20 Å². The van der Waals surface area contributed by atoms with Crippen LogP contribution >= 0.6 is 0 Å². The summed E-state index contributed by atoms with van der Waals surface area (Å²) >= 11 is 0. The minimum absolute atomic E-state index is 0.254. The summed E-state index contributed by atoms with van der Waals surface area (Å²) in [7, 11) is -0.716. The molecule has 250 valence electrons. The smallest absolute Gasteiger partial charge is 0.487 e. The number of fused-ring (bicyclic) bond motifs is 1. The Morgan fingerprint density at radius 1 is 0.935 bits per heavy atom. The summed E-state index contributed by atoms with van der Waals surface area (Å²) in [5.74, 6) is 3.38. The molecule has 1 aliphatic heterocycles. The maximum Gasteiger partial charge on any atom is 0.487 e. The second kappa shape index (κ2) is 13.6. The topological polar surface area (TPSA) is 54.7 Å². The van der Waals surface area contributed by atoms with E-state index >= 15 is 0 Å². The molecule has 1 saturated carbocycles. The molecule has 0 N–H and O–H groups in total. The Bertz CT molecular complexity index is 1470. The molecule has 46 heavy (non-hydrogen) atoms. The van der Waals surface area contributed by atoms with Gasteiger partial charge < -0.3 is 23.0 Å². The first-order valence-electron chi connectivity index (χ1n) is 17.5. The molecule has 0 bridgehead atoms. The Kier molecular flexibility index (Phi) is 10.3. The van der Waals surface area contributed by atoms with Crippen molar-refractivity contribution in [3.8, 4) is 5.75 Å². The highest BCUT2D eigenvalue weighted by Crippen LogP contribution is 2.48. The zero-order valence-corrected chi connectivity index (χ0v) is 31.2. The molecule has 2 fully saturated rings. The van der Waals surface area contributed by atoms with Gasteiger partial charge in [0, 0.05) is 10.9 Å². The van der Waals surface area contributed by atoms with E-state index in [4.69, 9.17) is 23.8 Å². The van der Waals surface area contributed by atoms with Gasteiger partial charge in [-0.15, -0.1) is 0 Å². The summed E-state index contributed by atoms with van der Waals surface area (Å²) in [5, 5.41) is 1.16. The van der Waals surface area contributed by atoms with Gasteiger partial charge in [0.05, 0.1) is 37.2 Å². The number of allylic oxidation sites excluding steroid dienone is 1. The van der Waals surface area contributed by atoms with Crippen LogP contribution in [-0.4, -0.2) is 49.0 Å². The molecule has 1 aromatic carbocycles. The minimum atomic E-state index is -2.03. The number of pyridine rings is 1. The van der Waals surface area contributed by atoms with Crippen molar-refractivity contribution in [2.75, 3.05) is 7.11 Å². The van der Waals surface area contributed by atoms with E-state index in [9.17, 15) is 0 Å². The summed E-state index contributed by atoms with van der Waals surface area (Å²) in [6, 6.07) is 12.8. The molecular formula is C38H57BN2O4Si. The van der Waals surface area contributed by atoms with Gasteiger partial charge in [0.15, 0.2) is 8.24 Å². The van der Waals surface area contributed by atoms with Crippen LogP contribution in [0.4, 0.5) is 0 Å². The Hall–Kier alpha value is -2.39. The fraction of sp³-hybridized carbons (Fsp3) is 0.605. The van der Waals surface area contributed by atoms with Gasteiger partial charge in [0.2, 0.25) is 0 Å². The van der Waals surface area contributed by atoms with Crippen LogP contribution in [0.15, 0.2) is 54.8 Å². The number of methoxy groups -OCH3 is 1. The van der Waals surface area contributed by atoms with Crippen LogP contribution in [0.2, 0.25) is 16.6 Å². The van der Waals surface area contributed by atoms with E-state index in [0.717, 1.165) is 48.0 Å². The standard InChI is InChI=1S/C38H57BN2O4Si/c1-26(2)46(27(3)4,28(5)6)41-22-21-32-35(34(42-11)24-40-36(32)41)33(23-39-44-37(7,8)38(9,10)45-39)30-17-19-31(20-18-30)43-25-29-15-13-12-14-16-29/h12-16,21-24,26-28,30-31H,17-20,25H2,1-11H3/b33-23+. The monoisotopic (exact) mass is 644 g/mol. The van der Waals surface area contributed by atoms with Gasteiger partial charge >= 0.3 is 7.12 Å². The Morgan fingerprint density at radius 2 is 1.52 bits per heavy atom. The number of hydrogen-bond acceptors (Lipinski definition) is 5. The van der Waals surface area contributed by atoms with Gasteiger partial charge in [-0.2, -0.15) is 0 Å². The Balaban J connectivity index is 1.57. The molecule has 0 spiro atoms. The van der Waals surface area contributed by atoms with Crippen LogP contribution in [-0.2, 0) is 20.7 Å². The van der Waals surface area contributed by atoms with Crippen LogP contribution in [0.1, 0.15) is 106 Å². The third-order valence-corrected chi connectivity index (χ3v) is 18.2.